The molecule has 1 aliphatic heterocycles. The number of halogens is 1. The van der Waals surface area contributed by atoms with Crippen molar-refractivity contribution in [2.45, 2.75) is 39.3 Å². The van der Waals surface area contributed by atoms with Gasteiger partial charge in [0.1, 0.15) is 17.5 Å². The molecule has 1 aromatic heterocycles. The van der Waals surface area contributed by atoms with Crippen LogP contribution < -0.4 is 4.74 Å². The summed E-state index contributed by atoms with van der Waals surface area (Å²) in [6.07, 6.45) is 1.59. The van der Waals surface area contributed by atoms with Gasteiger partial charge in [-0.05, 0) is 30.7 Å². The van der Waals surface area contributed by atoms with Gasteiger partial charge < -0.3 is 19.6 Å². The third-order valence-corrected chi connectivity index (χ3v) is 5.88. The van der Waals surface area contributed by atoms with Crippen molar-refractivity contribution in [3.8, 4) is 17.0 Å². The standard InChI is InChI=1S/C24H30FN3O4/c1-5-22(30)27(4)13-21-15(2)12-28(16(3)14-29)24(31)20-10-18(11-26-23(20)32-21)17-6-8-19(25)9-7-17/h6-11,15-16,21,29H,5,12-14H2,1-4H3/t15-,16+,21-/m0/s1. The van der Waals surface area contributed by atoms with Crippen molar-refractivity contribution in [3.63, 3.8) is 0 Å². The number of ether oxygens (including phenoxy) is 1. The normalized spacial score (nSPS) is 19.4. The maximum absolute atomic E-state index is 13.4. The van der Waals surface area contributed by atoms with Crippen LogP contribution in [0.15, 0.2) is 36.5 Å². The van der Waals surface area contributed by atoms with Crippen LogP contribution in [0.2, 0.25) is 0 Å². The molecule has 7 nitrogen and oxygen atoms in total. The van der Waals surface area contributed by atoms with Gasteiger partial charge in [-0.2, -0.15) is 0 Å². The van der Waals surface area contributed by atoms with Crippen molar-refractivity contribution < 1.29 is 23.8 Å². The minimum absolute atomic E-state index is 0.000594. The number of amides is 2. The second kappa shape index (κ2) is 10.1. The predicted molar refractivity (Wildman–Crippen MR) is 119 cm³/mol. The van der Waals surface area contributed by atoms with Crippen LogP contribution in [0.5, 0.6) is 5.88 Å². The highest BCUT2D eigenvalue weighted by Crippen LogP contribution is 2.30. The van der Waals surface area contributed by atoms with Crippen LogP contribution >= 0.6 is 0 Å². The van der Waals surface area contributed by atoms with E-state index in [1.54, 1.807) is 55.1 Å². The van der Waals surface area contributed by atoms with Crippen LogP contribution in [0.25, 0.3) is 11.1 Å². The summed E-state index contributed by atoms with van der Waals surface area (Å²) in [6, 6.07) is 7.23. The molecule has 32 heavy (non-hydrogen) atoms. The SMILES string of the molecule is CCC(=O)N(C)C[C@@H]1Oc2ncc(-c3ccc(F)cc3)cc2C(=O)N([C@H](C)CO)C[C@@H]1C. The monoisotopic (exact) mass is 443 g/mol. The number of hydrogen-bond acceptors (Lipinski definition) is 5. The summed E-state index contributed by atoms with van der Waals surface area (Å²) in [6.45, 7) is 6.07. The quantitative estimate of drug-likeness (QED) is 0.742. The molecule has 1 aromatic carbocycles. The summed E-state index contributed by atoms with van der Waals surface area (Å²) < 4.78 is 19.5. The van der Waals surface area contributed by atoms with E-state index in [4.69, 9.17) is 4.74 Å². The fourth-order valence-corrected chi connectivity index (χ4v) is 3.76. The fraction of sp³-hybridized carbons (Fsp3) is 0.458. The Hall–Kier alpha value is -3.00. The summed E-state index contributed by atoms with van der Waals surface area (Å²) in [5, 5.41) is 9.75. The molecule has 0 saturated heterocycles. The number of carbonyl (C=O) groups excluding carboxylic acids is 2. The third kappa shape index (κ3) is 5.07. The lowest BCUT2D eigenvalue weighted by molar-refractivity contribution is -0.131. The Labute approximate surface area is 187 Å². The Morgan fingerprint density at radius 2 is 2.03 bits per heavy atom. The molecule has 0 bridgehead atoms. The number of fused-ring (bicyclic) bond motifs is 1. The molecule has 0 unspecified atom stereocenters. The summed E-state index contributed by atoms with van der Waals surface area (Å²) in [5.41, 5.74) is 1.64. The second-order valence-corrected chi connectivity index (χ2v) is 8.33. The lowest BCUT2D eigenvalue weighted by Crippen LogP contribution is -2.50. The van der Waals surface area contributed by atoms with Crippen LogP contribution in [0.3, 0.4) is 0 Å². The van der Waals surface area contributed by atoms with E-state index in [-0.39, 0.29) is 47.7 Å². The van der Waals surface area contributed by atoms with E-state index >= 15 is 0 Å². The number of likely N-dealkylation sites (N-methyl/N-ethyl adjacent to an activating group) is 1. The number of benzene rings is 1. The molecular formula is C24H30FN3O4. The first-order valence-electron chi connectivity index (χ1n) is 10.8. The highest BCUT2D eigenvalue weighted by atomic mass is 19.1. The molecule has 0 aliphatic carbocycles. The van der Waals surface area contributed by atoms with Crippen molar-refractivity contribution >= 4 is 11.8 Å². The maximum Gasteiger partial charge on any atom is 0.259 e. The molecule has 8 heteroatoms. The lowest BCUT2D eigenvalue weighted by atomic mass is 9.99. The molecule has 1 N–H and O–H groups in total. The number of nitrogens with zero attached hydrogens (tertiary/aromatic N) is 3. The molecule has 2 heterocycles. The maximum atomic E-state index is 13.4. The Bertz CT molecular complexity index is 966. The molecule has 0 radical (unpaired) electrons. The Morgan fingerprint density at radius 1 is 1.34 bits per heavy atom. The minimum atomic E-state index is -0.402. The van der Waals surface area contributed by atoms with Crippen LogP contribution in [-0.2, 0) is 4.79 Å². The largest absolute Gasteiger partial charge is 0.472 e. The zero-order chi connectivity index (χ0) is 23.4. The van der Waals surface area contributed by atoms with Crippen LogP contribution in [0, 0.1) is 11.7 Å². The van der Waals surface area contributed by atoms with E-state index in [0.717, 1.165) is 5.56 Å². The molecule has 0 fully saturated rings. The summed E-state index contributed by atoms with van der Waals surface area (Å²) in [4.78, 5) is 33.2. The van der Waals surface area contributed by atoms with Gasteiger partial charge in [0.2, 0.25) is 11.8 Å². The van der Waals surface area contributed by atoms with Crippen molar-refractivity contribution in [2.75, 3.05) is 26.7 Å². The molecule has 2 aromatic rings. The van der Waals surface area contributed by atoms with E-state index in [9.17, 15) is 19.1 Å². The molecule has 2 amide bonds. The van der Waals surface area contributed by atoms with Gasteiger partial charge in [-0.25, -0.2) is 9.37 Å². The Morgan fingerprint density at radius 3 is 2.66 bits per heavy atom. The second-order valence-electron chi connectivity index (χ2n) is 8.33. The van der Waals surface area contributed by atoms with Crippen molar-refractivity contribution in [1.29, 1.82) is 0 Å². The average Bonchev–Trinajstić information content (AvgIpc) is 2.80. The zero-order valence-corrected chi connectivity index (χ0v) is 18.9. The summed E-state index contributed by atoms with van der Waals surface area (Å²) in [7, 11) is 1.73. The number of carbonyl (C=O) groups is 2. The highest BCUT2D eigenvalue weighted by Gasteiger charge is 2.34. The topological polar surface area (TPSA) is 83.0 Å². The highest BCUT2D eigenvalue weighted by molar-refractivity contribution is 5.98. The number of aliphatic hydroxyl groups excluding tert-OH is 1. The average molecular weight is 444 g/mol. The van der Waals surface area contributed by atoms with E-state index in [0.29, 0.717) is 25.1 Å². The van der Waals surface area contributed by atoms with Gasteiger partial charge in [0.15, 0.2) is 0 Å². The first-order chi connectivity index (χ1) is 15.2. The zero-order valence-electron chi connectivity index (χ0n) is 18.9. The van der Waals surface area contributed by atoms with Crippen LogP contribution in [0.1, 0.15) is 37.6 Å². The molecule has 0 saturated carbocycles. The fourth-order valence-electron chi connectivity index (χ4n) is 3.76. The first kappa shape index (κ1) is 23.7. The first-order valence-corrected chi connectivity index (χ1v) is 10.8. The molecule has 172 valence electrons. The Kier molecular flexibility index (Phi) is 7.45. The summed E-state index contributed by atoms with van der Waals surface area (Å²) in [5.74, 6) is -0.560. The van der Waals surface area contributed by atoms with Gasteiger partial charge in [0.05, 0.1) is 19.2 Å². The van der Waals surface area contributed by atoms with E-state index in [2.05, 4.69) is 4.98 Å². The molecule has 0 spiro atoms. The smallest absolute Gasteiger partial charge is 0.259 e. The van der Waals surface area contributed by atoms with E-state index < -0.39 is 6.04 Å². The number of hydrogen-bond donors (Lipinski definition) is 1. The predicted octanol–water partition coefficient (Wildman–Crippen LogP) is 2.98. The number of pyridine rings is 1. The molecule has 1 aliphatic rings. The van der Waals surface area contributed by atoms with Crippen molar-refractivity contribution in [2.24, 2.45) is 5.92 Å². The molecule has 3 atom stereocenters. The summed E-state index contributed by atoms with van der Waals surface area (Å²) >= 11 is 0. The van der Waals surface area contributed by atoms with E-state index in [1.165, 1.54) is 12.1 Å². The number of rotatable bonds is 6. The Balaban J connectivity index is 2.03. The van der Waals surface area contributed by atoms with Gasteiger partial charge in [-0.1, -0.05) is 26.0 Å². The third-order valence-electron chi connectivity index (χ3n) is 5.88. The minimum Gasteiger partial charge on any atom is -0.472 e. The van der Waals surface area contributed by atoms with Gasteiger partial charge >= 0.3 is 0 Å². The van der Waals surface area contributed by atoms with Gasteiger partial charge in [-0.15, -0.1) is 0 Å². The molecule has 3 rings (SSSR count). The molecular weight excluding hydrogens is 413 g/mol. The lowest BCUT2D eigenvalue weighted by Gasteiger charge is -2.37. The number of aromatic nitrogens is 1. The van der Waals surface area contributed by atoms with Gasteiger partial charge in [0.25, 0.3) is 5.91 Å². The van der Waals surface area contributed by atoms with Crippen LogP contribution in [-0.4, -0.2) is 70.6 Å². The van der Waals surface area contributed by atoms with Gasteiger partial charge in [0, 0.05) is 37.7 Å². The van der Waals surface area contributed by atoms with E-state index in [1.807, 2.05) is 6.92 Å². The van der Waals surface area contributed by atoms with Crippen molar-refractivity contribution in [3.05, 3.63) is 47.9 Å². The van der Waals surface area contributed by atoms with Gasteiger partial charge in [-0.3, -0.25) is 9.59 Å². The van der Waals surface area contributed by atoms with Crippen molar-refractivity contribution in [1.82, 2.24) is 14.8 Å². The van der Waals surface area contributed by atoms with Crippen LogP contribution in [0.4, 0.5) is 4.39 Å². The number of aliphatic hydroxyl groups is 1.